The van der Waals surface area contributed by atoms with Gasteiger partial charge in [0.05, 0.1) is 5.52 Å². The lowest BCUT2D eigenvalue weighted by Gasteiger charge is -2.04. The van der Waals surface area contributed by atoms with Crippen LogP contribution in [0.25, 0.3) is 17.0 Å². The highest BCUT2D eigenvalue weighted by Gasteiger charge is 2.00. The molecule has 0 aliphatic rings. The molecule has 0 atom stereocenters. The molecule has 1 aromatic carbocycles. The highest BCUT2D eigenvalue weighted by atomic mass is 16.1. The minimum atomic E-state index is -0.0779. The number of amides is 1. The van der Waals surface area contributed by atoms with E-state index in [2.05, 4.69) is 10.3 Å². The average molecular weight is 240 g/mol. The molecule has 0 spiro atoms. The number of hydrogen-bond acceptors (Lipinski definition) is 2. The van der Waals surface area contributed by atoms with Crippen LogP contribution in [0, 0.1) is 0 Å². The molecule has 3 nitrogen and oxygen atoms in total. The molecule has 1 aromatic heterocycles. The van der Waals surface area contributed by atoms with Crippen molar-refractivity contribution in [2.45, 2.75) is 19.9 Å². The van der Waals surface area contributed by atoms with E-state index in [1.165, 1.54) is 0 Å². The Morgan fingerprint density at radius 3 is 2.83 bits per heavy atom. The predicted molar refractivity (Wildman–Crippen MR) is 74.1 cm³/mol. The van der Waals surface area contributed by atoms with Crippen molar-refractivity contribution in [1.29, 1.82) is 0 Å². The molecule has 0 radical (unpaired) electrons. The maximum Gasteiger partial charge on any atom is 0.244 e. The van der Waals surface area contributed by atoms with Crippen LogP contribution in [0.3, 0.4) is 0 Å². The van der Waals surface area contributed by atoms with Gasteiger partial charge < -0.3 is 5.32 Å². The average Bonchev–Trinajstić information content (AvgIpc) is 2.35. The maximum absolute atomic E-state index is 11.5. The number of aromatic nitrogens is 1. The van der Waals surface area contributed by atoms with E-state index < -0.39 is 0 Å². The van der Waals surface area contributed by atoms with Gasteiger partial charge in [0.2, 0.25) is 5.91 Å². The van der Waals surface area contributed by atoms with E-state index in [1.54, 1.807) is 12.3 Å². The number of rotatable bonds is 3. The fourth-order valence-electron chi connectivity index (χ4n) is 1.76. The fourth-order valence-corrected chi connectivity index (χ4v) is 1.76. The van der Waals surface area contributed by atoms with Crippen molar-refractivity contribution in [3.63, 3.8) is 0 Å². The van der Waals surface area contributed by atoms with Crippen molar-refractivity contribution in [3.8, 4) is 0 Å². The number of benzene rings is 1. The second kappa shape index (κ2) is 5.45. The van der Waals surface area contributed by atoms with Crippen molar-refractivity contribution >= 4 is 22.9 Å². The van der Waals surface area contributed by atoms with Gasteiger partial charge in [-0.25, -0.2) is 0 Å². The van der Waals surface area contributed by atoms with Gasteiger partial charge in [0.15, 0.2) is 0 Å². The lowest BCUT2D eigenvalue weighted by molar-refractivity contribution is -0.116. The summed E-state index contributed by atoms with van der Waals surface area (Å²) in [5, 5.41) is 3.87. The van der Waals surface area contributed by atoms with Crippen molar-refractivity contribution < 1.29 is 4.79 Å². The number of hydrogen-bond donors (Lipinski definition) is 1. The van der Waals surface area contributed by atoms with Crippen molar-refractivity contribution in [3.05, 3.63) is 48.2 Å². The zero-order valence-electron chi connectivity index (χ0n) is 10.6. The fraction of sp³-hybridized carbons (Fsp3) is 0.200. The Morgan fingerprint density at radius 2 is 2.06 bits per heavy atom. The summed E-state index contributed by atoms with van der Waals surface area (Å²) < 4.78 is 0. The molecule has 0 fully saturated rings. The van der Waals surface area contributed by atoms with Crippen LogP contribution in [-0.2, 0) is 4.79 Å². The first-order valence-electron chi connectivity index (χ1n) is 5.99. The monoisotopic (exact) mass is 240 g/mol. The molecule has 0 saturated heterocycles. The summed E-state index contributed by atoms with van der Waals surface area (Å²) in [6.07, 6.45) is 5.13. The second-order valence-corrected chi connectivity index (χ2v) is 4.41. The normalized spacial score (nSPS) is 11.3. The van der Waals surface area contributed by atoms with Gasteiger partial charge in [-0.1, -0.05) is 18.2 Å². The van der Waals surface area contributed by atoms with Crippen LogP contribution in [0.2, 0.25) is 0 Å². The number of carbonyl (C=O) groups is 1. The molecule has 1 N–H and O–H groups in total. The van der Waals surface area contributed by atoms with Gasteiger partial charge in [0, 0.05) is 23.7 Å². The number of fused-ring (bicyclic) bond motifs is 1. The van der Waals surface area contributed by atoms with E-state index in [-0.39, 0.29) is 11.9 Å². The zero-order chi connectivity index (χ0) is 13.0. The number of carbonyl (C=O) groups excluding carboxylic acids is 1. The SMILES string of the molecule is CC(C)NC(=O)/C=C/c1ccnc2ccccc12. The van der Waals surface area contributed by atoms with Gasteiger partial charge in [-0.15, -0.1) is 0 Å². The lowest BCUT2D eigenvalue weighted by Crippen LogP contribution is -2.28. The van der Waals surface area contributed by atoms with Crippen LogP contribution in [-0.4, -0.2) is 16.9 Å². The van der Waals surface area contributed by atoms with Gasteiger partial charge in [-0.05, 0) is 37.6 Å². The highest BCUT2D eigenvalue weighted by Crippen LogP contribution is 2.17. The third-order valence-corrected chi connectivity index (χ3v) is 2.53. The zero-order valence-corrected chi connectivity index (χ0v) is 10.6. The van der Waals surface area contributed by atoms with Gasteiger partial charge in [0.25, 0.3) is 0 Å². The Bertz CT molecular complexity index is 583. The van der Waals surface area contributed by atoms with Gasteiger partial charge in [-0.2, -0.15) is 0 Å². The molecule has 0 saturated carbocycles. The largest absolute Gasteiger partial charge is 0.350 e. The summed E-state index contributed by atoms with van der Waals surface area (Å²) in [6, 6.07) is 9.94. The second-order valence-electron chi connectivity index (χ2n) is 4.41. The summed E-state index contributed by atoms with van der Waals surface area (Å²) in [6.45, 7) is 3.88. The molecular formula is C15H16N2O. The van der Waals surface area contributed by atoms with Crippen LogP contribution >= 0.6 is 0 Å². The van der Waals surface area contributed by atoms with Crippen LogP contribution in [0.15, 0.2) is 42.6 Å². The van der Waals surface area contributed by atoms with E-state index >= 15 is 0 Å². The first-order valence-corrected chi connectivity index (χ1v) is 5.99. The third kappa shape index (κ3) is 2.94. The highest BCUT2D eigenvalue weighted by molar-refractivity contribution is 5.95. The van der Waals surface area contributed by atoms with E-state index in [9.17, 15) is 4.79 Å². The Hall–Kier alpha value is -2.16. The molecule has 0 aliphatic carbocycles. The molecule has 1 amide bonds. The quantitative estimate of drug-likeness (QED) is 0.838. The Morgan fingerprint density at radius 1 is 1.28 bits per heavy atom. The Labute approximate surface area is 107 Å². The van der Waals surface area contributed by atoms with Gasteiger partial charge in [-0.3, -0.25) is 9.78 Å². The smallest absolute Gasteiger partial charge is 0.244 e. The summed E-state index contributed by atoms with van der Waals surface area (Å²) in [7, 11) is 0. The number of nitrogens with one attached hydrogen (secondary N) is 1. The molecule has 0 bridgehead atoms. The Balaban J connectivity index is 2.27. The van der Waals surface area contributed by atoms with Gasteiger partial charge in [0.1, 0.15) is 0 Å². The van der Waals surface area contributed by atoms with Crippen molar-refractivity contribution in [2.75, 3.05) is 0 Å². The molecule has 18 heavy (non-hydrogen) atoms. The minimum Gasteiger partial charge on any atom is -0.350 e. The number of nitrogens with zero attached hydrogens (tertiary/aromatic N) is 1. The van der Waals surface area contributed by atoms with Gasteiger partial charge >= 0.3 is 0 Å². The third-order valence-electron chi connectivity index (χ3n) is 2.53. The van der Waals surface area contributed by atoms with Crippen molar-refractivity contribution in [1.82, 2.24) is 10.3 Å². The van der Waals surface area contributed by atoms with E-state index in [4.69, 9.17) is 0 Å². The maximum atomic E-state index is 11.5. The molecule has 3 heteroatoms. The van der Waals surface area contributed by atoms with E-state index in [0.717, 1.165) is 16.5 Å². The molecule has 0 unspecified atom stereocenters. The molecule has 2 aromatic rings. The van der Waals surface area contributed by atoms with Crippen molar-refractivity contribution in [2.24, 2.45) is 0 Å². The van der Waals surface area contributed by atoms with E-state index in [0.29, 0.717) is 0 Å². The number of para-hydroxylation sites is 1. The predicted octanol–water partition coefficient (Wildman–Crippen LogP) is 2.77. The molecular weight excluding hydrogens is 224 g/mol. The molecule has 1 heterocycles. The Kier molecular flexibility index (Phi) is 3.72. The minimum absolute atomic E-state index is 0.0779. The number of pyridine rings is 1. The molecule has 92 valence electrons. The van der Waals surface area contributed by atoms with Crippen LogP contribution < -0.4 is 5.32 Å². The van der Waals surface area contributed by atoms with Crippen LogP contribution in [0.5, 0.6) is 0 Å². The molecule has 0 aliphatic heterocycles. The molecule has 2 rings (SSSR count). The summed E-state index contributed by atoms with van der Waals surface area (Å²) in [5.74, 6) is -0.0779. The topological polar surface area (TPSA) is 42.0 Å². The van der Waals surface area contributed by atoms with Crippen LogP contribution in [0.1, 0.15) is 19.4 Å². The first kappa shape index (κ1) is 12.3. The van der Waals surface area contributed by atoms with E-state index in [1.807, 2.05) is 50.3 Å². The summed E-state index contributed by atoms with van der Waals surface area (Å²) in [5.41, 5.74) is 1.93. The standard InChI is InChI=1S/C15H16N2O/c1-11(2)17-15(18)8-7-12-9-10-16-14-6-4-3-5-13(12)14/h3-11H,1-2H3,(H,17,18)/b8-7+. The first-order chi connectivity index (χ1) is 8.66. The summed E-state index contributed by atoms with van der Waals surface area (Å²) in [4.78, 5) is 15.8. The van der Waals surface area contributed by atoms with Crippen LogP contribution in [0.4, 0.5) is 0 Å². The summed E-state index contributed by atoms with van der Waals surface area (Å²) >= 11 is 0. The lowest BCUT2D eigenvalue weighted by atomic mass is 10.1.